The van der Waals surface area contributed by atoms with Gasteiger partial charge in [0.05, 0.1) is 19.3 Å². The van der Waals surface area contributed by atoms with Crippen molar-refractivity contribution in [2.45, 2.75) is 45.2 Å². The monoisotopic (exact) mass is 284 g/mol. The molecule has 2 aliphatic rings. The zero-order valence-electron chi connectivity index (χ0n) is 12.7. The summed E-state index contributed by atoms with van der Waals surface area (Å²) in [6, 6.07) is -0.0591. The van der Waals surface area contributed by atoms with Crippen LogP contribution in [0.25, 0.3) is 0 Å². The summed E-state index contributed by atoms with van der Waals surface area (Å²) in [5.74, 6) is 1.31. The van der Waals surface area contributed by atoms with Crippen LogP contribution in [0.1, 0.15) is 33.1 Å². The first-order valence-electron chi connectivity index (χ1n) is 7.82. The summed E-state index contributed by atoms with van der Waals surface area (Å²) in [6.07, 6.45) is 2.98. The second-order valence-electron chi connectivity index (χ2n) is 6.56. The first kappa shape index (κ1) is 15.7. The predicted octanol–water partition coefficient (Wildman–Crippen LogP) is 0.309. The van der Waals surface area contributed by atoms with Crippen LogP contribution in [0.15, 0.2) is 0 Å². The number of nitrogens with zero attached hydrogens (tertiary/aromatic N) is 2. The Kier molecular flexibility index (Phi) is 5.41. The molecule has 0 spiro atoms. The Bertz CT molecular complexity index is 327. The molecule has 1 aliphatic carbocycles. The molecule has 116 valence electrons. The molecule has 0 aromatic rings. The van der Waals surface area contributed by atoms with Gasteiger partial charge in [-0.25, -0.2) is 0 Å². The molecule has 2 fully saturated rings. The maximum atomic E-state index is 12.4. The maximum Gasteiger partial charge on any atom is 0.224 e. The Morgan fingerprint density at radius 2 is 1.90 bits per heavy atom. The van der Waals surface area contributed by atoms with Crippen LogP contribution >= 0.6 is 0 Å². The molecule has 2 rings (SSSR count). The van der Waals surface area contributed by atoms with E-state index in [4.69, 9.17) is 0 Å². The summed E-state index contributed by atoms with van der Waals surface area (Å²) in [6.45, 7) is 6.45. The van der Waals surface area contributed by atoms with Crippen molar-refractivity contribution in [1.29, 1.82) is 0 Å². The molecule has 1 atom stereocenters. The summed E-state index contributed by atoms with van der Waals surface area (Å²) in [4.78, 5) is 16.6. The molecule has 2 N–H and O–H groups in total. The molecule has 20 heavy (non-hydrogen) atoms. The van der Waals surface area contributed by atoms with Crippen molar-refractivity contribution in [2.24, 2.45) is 11.8 Å². The molecule has 1 heterocycles. The Labute approximate surface area is 121 Å². The van der Waals surface area contributed by atoms with Gasteiger partial charge in [-0.15, -0.1) is 0 Å². The largest absolute Gasteiger partial charge is 0.395 e. The highest BCUT2D eigenvalue weighted by Gasteiger charge is 2.36. The lowest BCUT2D eigenvalue weighted by atomic mass is 10.0. The average molecular weight is 284 g/mol. The van der Waals surface area contributed by atoms with Crippen LogP contribution < -0.4 is 0 Å². The summed E-state index contributed by atoms with van der Waals surface area (Å²) in [7, 11) is 0. The van der Waals surface area contributed by atoms with Crippen molar-refractivity contribution < 1.29 is 15.0 Å². The number of hydrogen-bond acceptors (Lipinski definition) is 4. The lowest BCUT2D eigenvalue weighted by Gasteiger charge is -2.36. The third-order valence-electron chi connectivity index (χ3n) is 4.61. The normalized spacial score (nSPS) is 25.6. The maximum absolute atomic E-state index is 12.4. The first-order chi connectivity index (χ1) is 9.56. The summed E-state index contributed by atoms with van der Waals surface area (Å²) in [5.41, 5.74) is 0. The van der Waals surface area contributed by atoms with Gasteiger partial charge in [0.1, 0.15) is 0 Å². The average Bonchev–Trinajstić information content (AvgIpc) is 3.23. The molecule has 1 saturated carbocycles. The van der Waals surface area contributed by atoms with E-state index in [2.05, 4.69) is 23.6 Å². The molecule has 1 aliphatic heterocycles. The van der Waals surface area contributed by atoms with Gasteiger partial charge < -0.3 is 15.1 Å². The number of hydrogen-bond donors (Lipinski definition) is 2. The zero-order valence-corrected chi connectivity index (χ0v) is 12.7. The van der Waals surface area contributed by atoms with Crippen LogP contribution in [0.4, 0.5) is 0 Å². The minimum absolute atomic E-state index is 0.0574. The van der Waals surface area contributed by atoms with Gasteiger partial charge in [-0.1, -0.05) is 13.8 Å². The van der Waals surface area contributed by atoms with Gasteiger partial charge in [-0.3, -0.25) is 9.69 Å². The second-order valence-corrected chi connectivity index (χ2v) is 6.56. The molecular weight excluding hydrogens is 256 g/mol. The van der Waals surface area contributed by atoms with Gasteiger partial charge in [-0.05, 0) is 24.7 Å². The molecular formula is C15H28N2O3. The molecule has 0 aromatic heterocycles. The van der Waals surface area contributed by atoms with Crippen LogP contribution in [-0.4, -0.2) is 70.9 Å². The van der Waals surface area contributed by atoms with Crippen molar-refractivity contribution in [3.63, 3.8) is 0 Å². The molecule has 0 radical (unpaired) electrons. The summed E-state index contributed by atoms with van der Waals surface area (Å²) >= 11 is 0. The van der Waals surface area contributed by atoms with Crippen molar-refractivity contribution in [3.05, 3.63) is 0 Å². The highest BCUT2D eigenvalue weighted by atomic mass is 16.3. The van der Waals surface area contributed by atoms with Gasteiger partial charge in [-0.2, -0.15) is 0 Å². The fourth-order valence-corrected chi connectivity index (χ4v) is 3.00. The SMILES string of the molecule is CC(C)[C@@H]1CN(C(CO)CO)CCC(=O)N1CC1CC1. The Hall–Kier alpha value is -0.650. The van der Waals surface area contributed by atoms with Crippen molar-refractivity contribution >= 4 is 5.91 Å². The first-order valence-corrected chi connectivity index (χ1v) is 7.82. The van der Waals surface area contributed by atoms with E-state index in [0.717, 1.165) is 13.1 Å². The van der Waals surface area contributed by atoms with Crippen molar-refractivity contribution in [1.82, 2.24) is 9.80 Å². The molecule has 0 aromatic carbocycles. The molecule has 5 heteroatoms. The summed E-state index contributed by atoms with van der Waals surface area (Å²) in [5, 5.41) is 18.8. The van der Waals surface area contributed by atoms with Gasteiger partial charge in [0, 0.05) is 32.1 Å². The fourth-order valence-electron chi connectivity index (χ4n) is 3.00. The molecule has 1 saturated heterocycles. The number of carbonyl (C=O) groups is 1. The van der Waals surface area contributed by atoms with E-state index in [9.17, 15) is 15.0 Å². The lowest BCUT2D eigenvalue weighted by Crippen LogP contribution is -2.50. The Morgan fingerprint density at radius 3 is 2.40 bits per heavy atom. The molecule has 5 nitrogen and oxygen atoms in total. The van der Waals surface area contributed by atoms with Gasteiger partial charge in [0.15, 0.2) is 0 Å². The summed E-state index contributed by atoms with van der Waals surface area (Å²) < 4.78 is 0. The standard InChI is InChI=1S/C15H28N2O3/c1-11(2)14-8-16(13(9-18)10-19)6-5-15(20)17(14)7-12-3-4-12/h11-14,18-19H,3-10H2,1-2H3/t14-/m0/s1. The van der Waals surface area contributed by atoms with E-state index >= 15 is 0 Å². The Balaban J connectivity index is 2.10. The van der Waals surface area contributed by atoms with Gasteiger partial charge >= 0.3 is 0 Å². The smallest absolute Gasteiger partial charge is 0.224 e. The quantitative estimate of drug-likeness (QED) is 0.737. The van der Waals surface area contributed by atoms with Gasteiger partial charge in [0.25, 0.3) is 0 Å². The van der Waals surface area contributed by atoms with Crippen LogP contribution in [0, 0.1) is 11.8 Å². The predicted molar refractivity (Wildman–Crippen MR) is 77.2 cm³/mol. The van der Waals surface area contributed by atoms with Crippen LogP contribution in [-0.2, 0) is 4.79 Å². The molecule has 0 unspecified atom stereocenters. The van der Waals surface area contributed by atoms with Crippen LogP contribution in [0.3, 0.4) is 0 Å². The van der Waals surface area contributed by atoms with Crippen LogP contribution in [0.5, 0.6) is 0 Å². The highest BCUT2D eigenvalue weighted by molar-refractivity contribution is 5.77. The van der Waals surface area contributed by atoms with E-state index in [1.54, 1.807) is 0 Å². The van der Waals surface area contributed by atoms with E-state index < -0.39 is 0 Å². The highest BCUT2D eigenvalue weighted by Crippen LogP contribution is 2.32. The Morgan fingerprint density at radius 1 is 1.25 bits per heavy atom. The van der Waals surface area contributed by atoms with Crippen molar-refractivity contribution in [2.75, 3.05) is 32.8 Å². The van der Waals surface area contributed by atoms with Gasteiger partial charge in [0.2, 0.25) is 5.91 Å². The number of aliphatic hydroxyl groups excluding tert-OH is 2. The van der Waals surface area contributed by atoms with E-state index in [1.165, 1.54) is 12.8 Å². The number of rotatable bonds is 6. The van der Waals surface area contributed by atoms with Crippen LogP contribution in [0.2, 0.25) is 0 Å². The third kappa shape index (κ3) is 3.71. The molecule has 1 amide bonds. The van der Waals surface area contributed by atoms with E-state index in [0.29, 0.717) is 24.8 Å². The number of amides is 1. The second kappa shape index (κ2) is 6.87. The minimum atomic E-state index is -0.245. The lowest BCUT2D eigenvalue weighted by molar-refractivity contribution is -0.133. The van der Waals surface area contributed by atoms with Crippen molar-refractivity contribution in [3.8, 4) is 0 Å². The topological polar surface area (TPSA) is 64.0 Å². The number of aliphatic hydroxyl groups is 2. The number of carbonyl (C=O) groups excluding carboxylic acids is 1. The molecule has 0 bridgehead atoms. The van der Waals surface area contributed by atoms with E-state index in [1.807, 2.05) is 0 Å². The minimum Gasteiger partial charge on any atom is -0.395 e. The van der Waals surface area contributed by atoms with E-state index in [-0.39, 0.29) is 31.2 Å². The fraction of sp³-hybridized carbons (Fsp3) is 0.933. The zero-order chi connectivity index (χ0) is 14.7. The third-order valence-corrected chi connectivity index (χ3v) is 4.61.